The normalized spacial score (nSPS) is 25.1. The van der Waals surface area contributed by atoms with Crippen molar-refractivity contribution in [1.29, 1.82) is 0 Å². The van der Waals surface area contributed by atoms with E-state index in [0.717, 1.165) is 16.5 Å². The van der Waals surface area contributed by atoms with Gasteiger partial charge in [0.2, 0.25) is 0 Å². The Morgan fingerprint density at radius 1 is 1.27 bits per heavy atom. The molecule has 3 heteroatoms. The minimum atomic E-state index is 0.396. The molecule has 0 bridgehead atoms. The van der Waals surface area contributed by atoms with Crippen molar-refractivity contribution in [3.05, 3.63) is 33.3 Å². The summed E-state index contributed by atoms with van der Waals surface area (Å²) in [5.41, 5.74) is 2.54. The van der Waals surface area contributed by atoms with Crippen molar-refractivity contribution >= 4 is 23.2 Å². The van der Waals surface area contributed by atoms with Gasteiger partial charge in [-0.15, -0.1) is 0 Å². The van der Waals surface area contributed by atoms with Crippen LogP contribution in [0.2, 0.25) is 10.0 Å². The van der Waals surface area contributed by atoms with Gasteiger partial charge in [-0.25, -0.2) is 0 Å². The van der Waals surface area contributed by atoms with Gasteiger partial charge in [0.1, 0.15) is 0 Å². The molecule has 0 saturated carbocycles. The standard InChI is InChI=1S/C12H15Cl2N/c1-7-3-4-11(15-2)9-5-8(13)6-10(14)12(7)9/h5-7,11,15H,3-4H2,1-2H3. The van der Waals surface area contributed by atoms with Crippen LogP contribution < -0.4 is 5.32 Å². The second-order valence-electron chi connectivity index (χ2n) is 4.21. The van der Waals surface area contributed by atoms with Crippen LogP contribution in [0.4, 0.5) is 0 Å². The van der Waals surface area contributed by atoms with Gasteiger partial charge in [-0.1, -0.05) is 30.1 Å². The van der Waals surface area contributed by atoms with E-state index < -0.39 is 0 Å². The highest BCUT2D eigenvalue weighted by Crippen LogP contribution is 2.42. The van der Waals surface area contributed by atoms with E-state index >= 15 is 0 Å². The van der Waals surface area contributed by atoms with Gasteiger partial charge < -0.3 is 5.32 Å². The van der Waals surface area contributed by atoms with Crippen LogP contribution in [0.3, 0.4) is 0 Å². The van der Waals surface area contributed by atoms with Crippen LogP contribution in [-0.4, -0.2) is 7.05 Å². The average molecular weight is 244 g/mol. The maximum atomic E-state index is 6.25. The fourth-order valence-electron chi connectivity index (χ4n) is 2.43. The van der Waals surface area contributed by atoms with Crippen LogP contribution in [0.15, 0.2) is 12.1 Å². The van der Waals surface area contributed by atoms with E-state index in [1.54, 1.807) is 0 Å². The third kappa shape index (κ3) is 2.01. The van der Waals surface area contributed by atoms with Crippen LogP contribution in [-0.2, 0) is 0 Å². The highest BCUT2D eigenvalue weighted by Gasteiger charge is 2.26. The van der Waals surface area contributed by atoms with E-state index in [0.29, 0.717) is 12.0 Å². The second-order valence-corrected chi connectivity index (χ2v) is 5.05. The molecule has 1 aliphatic rings. The Morgan fingerprint density at radius 2 is 2.00 bits per heavy atom. The maximum absolute atomic E-state index is 6.25. The summed E-state index contributed by atoms with van der Waals surface area (Å²) in [5, 5.41) is 4.86. The summed E-state index contributed by atoms with van der Waals surface area (Å²) in [6, 6.07) is 4.28. The molecule has 0 heterocycles. The third-order valence-electron chi connectivity index (χ3n) is 3.23. The lowest BCUT2D eigenvalue weighted by molar-refractivity contribution is 0.460. The van der Waals surface area contributed by atoms with E-state index in [1.165, 1.54) is 17.5 Å². The Bertz CT molecular complexity index is 376. The quantitative estimate of drug-likeness (QED) is 0.782. The SMILES string of the molecule is CNC1CCC(C)c2c(Cl)cc(Cl)cc21. The first kappa shape index (κ1) is 11.3. The summed E-state index contributed by atoms with van der Waals surface area (Å²) in [5.74, 6) is 0.536. The van der Waals surface area contributed by atoms with Gasteiger partial charge in [0.05, 0.1) is 0 Å². The van der Waals surface area contributed by atoms with Crippen molar-refractivity contribution in [2.24, 2.45) is 0 Å². The molecule has 0 saturated heterocycles. The summed E-state index contributed by atoms with van der Waals surface area (Å²) < 4.78 is 0. The lowest BCUT2D eigenvalue weighted by atomic mass is 9.81. The number of hydrogen-bond acceptors (Lipinski definition) is 1. The van der Waals surface area contributed by atoms with E-state index in [4.69, 9.17) is 23.2 Å². The lowest BCUT2D eigenvalue weighted by Crippen LogP contribution is -2.23. The molecule has 1 nitrogen and oxygen atoms in total. The Hall–Kier alpha value is -0.240. The maximum Gasteiger partial charge on any atom is 0.0458 e. The first-order valence-corrected chi connectivity index (χ1v) is 6.05. The van der Waals surface area contributed by atoms with Gasteiger partial charge in [0.25, 0.3) is 0 Å². The van der Waals surface area contributed by atoms with Crippen LogP contribution in [0.1, 0.15) is 42.9 Å². The molecule has 1 aromatic carbocycles. The molecule has 0 spiro atoms. The van der Waals surface area contributed by atoms with Crippen molar-refractivity contribution in [1.82, 2.24) is 5.32 Å². The number of halogens is 2. The summed E-state index contributed by atoms with van der Waals surface area (Å²) in [4.78, 5) is 0. The number of fused-ring (bicyclic) bond motifs is 1. The zero-order chi connectivity index (χ0) is 11.0. The van der Waals surface area contributed by atoms with Crippen molar-refractivity contribution in [3.63, 3.8) is 0 Å². The number of nitrogens with one attached hydrogen (secondary N) is 1. The molecule has 15 heavy (non-hydrogen) atoms. The van der Waals surface area contributed by atoms with E-state index in [-0.39, 0.29) is 0 Å². The van der Waals surface area contributed by atoms with Crippen LogP contribution in [0.5, 0.6) is 0 Å². The van der Waals surface area contributed by atoms with Gasteiger partial charge in [0, 0.05) is 16.1 Å². The van der Waals surface area contributed by atoms with Gasteiger partial charge in [-0.3, -0.25) is 0 Å². The number of hydrogen-bond donors (Lipinski definition) is 1. The molecule has 0 radical (unpaired) electrons. The molecule has 0 aromatic heterocycles. The van der Waals surface area contributed by atoms with E-state index in [1.807, 2.05) is 19.2 Å². The molecule has 1 aromatic rings. The van der Waals surface area contributed by atoms with Gasteiger partial charge in [-0.05, 0) is 49.1 Å². The number of benzene rings is 1. The molecule has 1 N–H and O–H groups in total. The fraction of sp³-hybridized carbons (Fsp3) is 0.500. The minimum Gasteiger partial charge on any atom is -0.313 e. The zero-order valence-electron chi connectivity index (χ0n) is 8.98. The van der Waals surface area contributed by atoms with Crippen molar-refractivity contribution in [2.45, 2.75) is 31.7 Å². The molecule has 2 rings (SSSR count). The minimum absolute atomic E-state index is 0.396. The van der Waals surface area contributed by atoms with Gasteiger partial charge in [0.15, 0.2) is 0 Å². The van der Waals surface area contributed by atoms with Crippen molar-refractivity contribution in [3.8, 4) is 0 Å². The highest BCUT2D eigenvalue weighted by atomic mass is 35.5. The molecule has 2 unspecified atom stereocenters. The topological polar surface area (TPSA) is 12.0 Å². The van der Waals surface area contributed by atoms with Crippen molar-refractivity contribution < 1.29 is 0 Å². The predicted molar refractivity (Wildman–Crippen MR) is 65.9 cm³/mol. The van der Waals surface area contributed by atoms with Crippen LogP contribution in [0.25, 0.3) is 0 Å². The Kier molecular flexibility index (Phi) is 3.24. The smallest absolute Gasteiger partial charge is 0.0458 e. The summed E-state index contributed by atoms with van der Waals surface area (Å²) in [6.07, 6.45) is 2.33. The Balaban J connectivity index is 2.56. The Morgan fingerprint density at radius 3 is 2.67 bits per heavy atom. The van der Waals surface area contributed by atoms with Crippen molar-refractivity contribution in [2.75, 3.05) is 7.05 Å². The second kappa shape index (κ2) is 4.32. The molecule has 0 fully saturated rings. The molecular weight excluding hydrogens is 229 g/mol. The van der Waals surface area contributed by atoms with E-state index in [9.17, 15) is 0 Å². The summed E-state index contributed by atoms with van der Waals surface area (Å²) >= 11 is 12.3. The molecular formula is C12H15Cl2N. The first-order valence-electron chi connectivity index (χ1n) is 5.29. The fourth-order valence-corrected chi connectivity index (χ4v) is 3.12. The molecule has 0 amide bonds. The monoisotopic (exact) mass is 243 g/mol. The van der Waals surface area contributed by atoms with E-state index in [2.05, 4.69) is 12.2 Å². The molecule has 2 atom stereocenters. The lowest BCUT2D eigenvalue weighted by Gasteiger charge is -2.30. The third-order valence-corrected chi connectivity index (χ3v) is 3.76. The first-order chi connectivity index (χ1) is 7.13. The molecule has 82 valence electrons. The molecule has 1 aliphatic carbocycles. The van der Waals surface area contributed by atoms with Gasteiger partial charge in [-0.2, -0.15) is 0 Å². The predicted octanol–water partition coefficient (Wildman–Crippen LogP) is 4.15. The summed E-state index contributed by atoms with van der Waals surface area (Å²) in [6.45, 7) is 2.23. The number of rotatable bonds is 1. The van der Waals surface area contributed by atoms with Crippen LogP contribution in [0, 0.1) is 0 Å². The van der Waals surface area contributed by atoms with Crippen LogP contribution >= 0.6 is 23.2 Å². The largest absolute Gasteiger partial charge is 0.313 e. The Labute approximate surface area is 101 Å². The zero-order valence-corrected chi connectivity index (χ0v) is 10.5. The molecule has 0 aliphatic heterocycles. The highest BCUT2D eigenvalue weighted by molar-refractivity contribution is 6.35. The average Bonchev–Trinajstić information content (AvgIpc) is 2.17. The summed E-state index contributed by atoms with van der Waals surface area (Å²) in [7, 11) is 1.99. The van der Waals surface area contributed by atoms with Gasteiger partial charge >= 0.3 is 0 Å².